The van der Waals surface area contributed by atoms with Gasteiger partial charge in [0.1, 0.15) is 0 Å². The van der Waals surface area contributed by atoms with Crippen LogP contribution in [0.1, 0.15) is 32.8 Å². The maximum atomic E-state index is 12.9. The lowest BCUT2D eigenvalue weighted by atomic mass is 9.90. The maximum Gasteiger partial charge on any atom is 0.259 e. The first-order valence-electron chi connectivity index (χ1n) is 8.18. The number of benzene rings is 1. The second kappa shape index (κ2) is 7.04. The Labute approximate surface area is 144 Å². The van der Waals surface area contributed by atoms with E-state index in [9.17, 15) is 9.59 Å². The number of piperidine rings is 1. The third-order valence-electron chi connectivity index (χ3n) is 3.90. The molecule has 2 rings (SSSR count). The third-order valence-corrected chi connectivity index (χ3v) is 3.90. The molecule has 1 saturated heterocycles. The number of rotatable bonds is 3. The van der Waals surface area contributed by atoms with Crippen molar-refractivity contribution in [2.24, 2.45) is 0 Å². The molecule has 1 aliphatic rings. The van der Waals surface area contributed by atoms with Crippen LogP contribution in [0.25, 0.3) is 6.08 Å². The van der Waals surface area contributed by atoms with E-state index in [-0.39, 0.29) is 28.8 Å². The van der Waals surface area contributed by atoms with Gasteiger partial charge in [-0.05, 0) is 26.3 Å². The van der Waals surface area contributed by atoms with E-state index in [4.69, 9.17) is 0 Å². The lowest BCUT2D eigenvalue weighted by Gasteiger charge is -2.43. The van der Waals surface area contributed by atoms with Crippen LogP contribution < -0.4 is 0 Å². The van der Waals surface area contributed by atoms with Crippen LogP contribution in [-0.4, -0.2) is 47.2 Å². The molecule has 0 saturated carbocycles. The zero-order chi connectivity index (χ0) is 17.9. The van der Waals surface area contributed by atoms with Crippen molar-refractivity contribution in [3.05, 3.63) is 53.7 Å². The van der Waals surface area contributed by atoms with E-state index in [1.165, 1.54) is 0 Å². The van der Waals surface area contributed by atoms with Crippen molar-refractivity contribution in [3.8, 4) is 0 Å². The summed E-state index contributed by atoms with van der Waals surface area (Å²) in [6.45, 7) is 5.99. The van der Waals surface area contributed by atoms with E-state index in [1.807, 2.05) is 82.3 Å². The molecule has 1 unspecified atom stereocenters. The van der Waals surface area contributed by atoms with Crippen LogP contribution in [0.3, 0.4) is 0 Å². The summed E-state index contributed by atoms with van der Waals surface area (Å²) in [7, 11) is 3.63. The van der Waals surface area contributed by atoms with E-state index in [1.54, 1.807) is 11.1 Å². The first-order valence-corrected chi connectivity index (χ1v) is 8.18. The van der Waals surface area contributed by atoms with Crippen molar-refractivity contribution in [2.45, 2.75) is 38.8 Å². The maximum absolute atomic E-state index is 12.9. The number of hydrogen-bond donors (Lipinski definition) is 0. The molecule has 1 atom stereocenters. The number of ketones is 1. The lowest BCUT2D eigenvalue weighted by Crippen LogP contribution is -2.56. The Morgan fingerprint density at radius 2 is 1.75 bits per heavy atom. The Balaban J connectivity index is 2.35. The molecule has 4 heteroatoms. The molecule has 1 heterocycles. The van der Waals surface area contributed by atoms with E-state index in [2.05, 4.69) is 0 Å². The normalized spacial score (nSPS) is 21.0. The molecule has 0 bridgehead atoms. The van der Waals surface area contributed by atoms with E-state index in [0.717, 1.165) is 5.56 Å². The number of nitrogens with zero attached hydrogens (tertiary/aromatic N) is 2. The van der Waals surface area contributed by atoms with Crippen LogP contribution in [-0.2, 0) is 9.59 Å². The Morgan fingerprint density at radius 3 is 2.29 bits per heavy atom. The van der Waals surface area contributed by atoms with E-state index >= 15 is 0 Å². The van der Waals surface area contributed by atoms with Crippen LogP contribution in [0, 0.1) is 0 Å². The van der Waals surface area contributed by atoms with Gasteiger partial charge in [0.2, 0.25) is 0 Å². The summed E-state index contributed by atoms with van der Waals surface area (Å²) < 4.78 is 0. The molecule has 1 aromatic rings. The average molecular weight is 326 g/mol. The summed E-state index contributed by atoms with van der Waals surface area (Å²) in [5.74, 6) is -0.299. The molecular weight excluding hydrogens is 300 g/mol. The second-order valence-corrected chi connectivity index (χ2v) is 7.32. The van der Waals surface area contributed by atoms with Gasteiger partial charge in [-0.3, -0.25) is 9.59 Å². The molecule has 0 aliphatic carbocycles. The molecular formula is C20H26N2O2. The average Bonchev–Trinajstić information content (AvgIpc) is 2.48. The highest BCUT2D eigenvalue weighted by atomic mass is 16.2. The van der Waals surface area contributed by atoms with Gasteiger partial charge < -0.3 is 9.80 Å². The Kier molecular flexibility index (Phi) is 5.27. The summed E-state index contributed by atoms with van der Waals surface area (Å²) >= 11 is 0. The number of carbonyl (C=O) groups excluding carboxylic acids is 2. The lowest BCUT2D eigenvalue weighted by molar-refractivity contribution is -0.140. The van der Waals surface area contributed by atoms with Gasteiger partial charge in [0, 0.05) is 32.3 Å². The van der Waals surface area contributed by atoms with Crippen LogP contribution >= 0.6 is 0 Å². The molecule has 1 aromatic carbocycles. The second-order valence-electron chi connectivity index (χ2n) is 7.32. The van der Waals surface area contributed by atoms with Crippen LogP contribution in [0.5, 0.6) is 0 Å². The largest absolute Gasteiger partial charge is 0.383 e. The predicted molar refractivity (Wildman–Crippen MR) is 97.3 cm³/mol. The highest BCUT2D eigenvalue weighted by molar-refractivity contribution is 6.21. The fraction of sp³-hybridized carbons (Fsp3) is 0.400. The Hall–Kier alpha value is -2.36. The van der Waals surface area contributed by atoms with Gasteiger partial charge in [0.05, 0.1) is 11.6 Å². The topological polar surface area (TPSA) is 40.6 Å². The van der Waals surface area contributed by atoms with Crippen LogP contribution in [0.2, 0.25) is 0 Å². The minimum Gasteiger partial charge on any atom is -0.383 e. The van der Waals surface area contributed by atoms with Crippen LogP contribution in [0.15, 0.2) is 48.2 Å². The SMILES string of the molecule is CN(C)/C=C1/C(=O)CC(/C=C/c2ccccc2)N(C(C)(C)C)C1=O. The van der Waals surface area contributed by atoms with Gasteiger partial charge >= 0.3 is 0 Å². The highest BCUT2D eigenvalue weighted by Gasteiger charge is 2.41. The smallest absolute Gasteiger partial charge is 0.259 e. The fourth-order valence-electron chi connectivity index (χ4n) is 2.92. The van der Waals surface area contributed by atoms with Crippen molar-refractivity contribution in [1.82, 2.24) is 9.80 Å². The molecule has 0 aromatic heterocycles. The molecule has 1 amide bonds. The summed E-state index contributed by atoms with van der Waals surface area (Å²) in [5, 5.41) is 0. The van der Waals surface area contributed by atoms with Crippen molar-refractivity contribution < 1.29 is 9.59 Å². The van der Waals surface area contributed by atoms with Crippen LogP contribution in [0.4, 0.5) is 0 Å². The molecule has 0 radical (unpaired) electrons. The fourth-order valence-corrected chi connectivity index (χ4v) is 2.92. The number of carbonyl (C=O) groups is 2. The molecule has 128 valence electrons. The summed E-state index contributed by atoms with van der Waals surface area (Å²) in [5.41, 5.74) is 0.953. The minimum absolute atomic E-state index is 0.100. The van der Waals surface area contributed by atoms with Gasteiger partial charge in [0.15, 0.2) is 5.78 Å². The molecule has 0 spiro atoms. The zero-order valence-corrected chi connectivity index (χ0v) is 15.1. The number of likely N-dealkylation sites (tertiary alicyclic amines) is 1. The number of Topliss-reactive ketones (excluding diaryl/α,β-unsaturated/α-hetero) is 1. The van der Waals surface area contributed by atoms with E-state index in [0.29, 0.717) is 6.42 Å². The predicted octanol–water partition coefficient (Wildman–Crippen LogP) is 3.11. The van der Waals surface area contributed by atoms with Gasteiger partial charge in [-0.25, -0.2) is 0 Å². The molecule has 24 heavy (non-hydrogen) atoms. The molecule has 4 nitrogen and oxygen atoms in total. The molecule has 1 aliphatic heterocycles. The molecule has 0 N–H and O–H groups in total. The first-order chi connectivity index (χ1) is 11.2. The van der Waals surface area contributed by atoms with Crippen molar-refractivity contribution in [3.63, 3.8) is 0 Å². The number of hydrogen-bond acceptors (Lipinski definition) is 3. The molecule has 1 fully saturated rings. The quantitative estimate of drug-likeness (QED) is 0.633. The Morgan fingerprint density at radius 1 is 1.12 bits per heavy atom. The number of amides is 1. The zero-order valence-electron chi connectivity index (χ0n) is 15.1. The van der Waals surface area contributed by atoms with Gasteiger partial charge in [-0.15, -0.1) is 0 Å². The third kappa shape index (κ3) is 4.13. The van der Waals surface area contributed by atoms with Crippen molar-refractivity contribution in [2.75, 3.05) is 14.1 Å². The monoisotopic (exact) mass is 326 g/mol. The summed E-state index contributed by atoms with van der Waals surface area (Å²) in [6.07, 6.45) is 5.87. The Bertz CT molecular complexity index is 667. The van der Waals surface area contributed by atoms with Gasteiger partial charge in [-0.1, -0.05) is 42.5 Å². The first kappa shape index (κ1) is 18.0. The summed E-state index contributed by atoms with van der Waals surface area (Å²) in [6, 6.07) is 9.67. The van der Waals surface area contributed by atoms with E-state index < -0.39 is 0 Å². The van der Waals surface area contributed by atoms with Crippen molar-refractivity contribution in [1.29, 1.82) is 0 Å². The highest BCUT2D eigenvalue weighted by Crippen LogP contribution is 2.29. The minimum atomic E-state index is -0.366. The standard InChI is InChI=1S/C20H26N2O2/c1-20(2,3)22-16(12-11-15-9-7-6-8-10-15)13-18(23)17(19(22)24)14-21(4)5/h6-12,14,16H,13H2,1-5H3/b12-11+,17-14-. The van der Waals surface area contributed by atoms with Gasteiger partial charge in [-0.2, -0.15) is 0 Å². The van der Waals surface area contributed by atoms with Gasteiger partial charge in [0.25, 0.3) is 5.91 Å². The van der Waals surface area contributed by atoms with Crippen molar-refractivity contribution >= 4 is 17.8 Å². The summed E-state index contributed by atoms with van der Waals surface area (Å²) in [4.78, 5) is 28.9.